The SMILES string of the molecule is CC1(C)CCCN(c2ccnc(CN)c2)C1. The molecule has 2 heterocycles. The molecule has 0 unspecified atom stereocenters. The summed E-state index contributed by atoms with van der Waals surface area (Å²) in [5, 5.41) is 0. The zero-order chi connectivity index (χ0) is 11.6. The van der Waals surface area contributed by atoms with Crippen molar-refractivity contribution in [3.63, 3.8) is 0 Å². The van der Waals surface area contributed by atoms with Gasteiger partial charge in [-0.05, 0) is 30.4 Å². The molecule has 0 saturated carbocycles. The van der Waals surface area contributed by atoms with Gasteiger partial charge in [0.25, 0.3) is 0 Å². The van der Waals surface area contributed by atoms with Crippen LogP contribution < -0.4 is 10.6 Å². The summed E-state index contributed by atoms with van der Waals surface area (Å²) in [6, 6.07) is 4.20. The second kappa shape index (κ2) is 4.42. The van der Waals surface area contributed by atoms with Gasteiger partial charge in [-0.15, -0.1) is 0 Å². The maximum atomic E-state index is 5.62. The van der Waals surface area contributed by atoms with E-state index in [-0.39, 0.29) is 0 Å². The third-order valence-corrected chi connectivity index (χ3v) is 3.27. The van der Waals surface area contributed by atoms with Crippen LogP contribution in [0.3, 0.4) is 0 Å². The van der Waals surface area contributed by atoms with Gasteiger partial charge in [0.2, 0.25) is 0 Å². The number of anilines is 1. The Balaban J connectivity index is 2.16. The lowest BCUT2D eigenvalue weighted by Crippen LogP contribution is -2.40. The zero-order valence-corrected chi connectivity index (χ0v) is 10.2. The van der Waals surface area contributed by atoms with Gasteiger partial charge in [-0.3, -0.25) is 4.98 Å². The quantitative estimate of drug-likeness (QED) is 0.829. The fourth-order valence-corrected chi connectivity index (χ4v) is 2.42. The van der Waals surface area contributed by atoms with Crippen molar-refractivity contribution in [1.29, 1.82) is 0 Å². The topological polar surface area (TPSA) is 42.2 Å². The fourth-order valence-electron chi connectivity index (χ4n) is 2.42. The first-order valence-electron chi connectivity index (χ1n) is 6.01. The van der Waals surface area contributed by atoms with Gasteiger partial charge in [-0.2, -0.15) is 0 Å². The predicted octanol–water partition coefficient (Wildman–Crippen LogP) is 2.17. The third kappa shape index (κ3) is 2.53. The molecule has 2 rings (SSSR count). The van der Waals surface area contributed by atoms with E-state index < -0.39 is 0 Å². The molecule has 1 aliphatic heterocycles. The van der Waals surface area contributed by atoms with Crippen molar-refractivity contribution < 1.29 is 0 Å². The molecular weight excluding hydrogens is 198 g/mol. The molecule has 16 heavy (non-hydrogen) atoms. The van der Waals surface area contributed by atoms with Crippen LogP contribution in [0.25, 0.3) is 0 Å². The summed E-state index contributed by atoms with van der Waals surface area (Å²) in [5.74, 6) is 0. The zero-order valence-electron chi connectivity index (χ0n) is 10.2. The summed E-state index contributed by atoms with van der Waals surface area (Å²) < 4.78 is 0. The lowest BCUT2D eigenvalue weighted by Gasteiger charge is -2.39. The number of aromatic nitrogens is 1. The average Bonchev–Trinajstić information content (AvgIpc) is 2.28. The van der Waals surface area contributed by atoms with E-state index in [1.807, 2.05) is 6.20 Å². The van der Waals surface area contributed by atoms with E-state index in [0.29, 0.717) is 12.0 Å². The van der Waals surface area contributed by atoms with Gasteiger partial charge in [-0.1, -0.05) is 13.8 Å². The van der Waals surface area contributed by atoms with Crippen molar-refractivity contribution in [2.75, 3.05) is 18.0 Å². The molecule has 0 bridgehead atoms. The number of piperidine rings is 1. The molecular formula is C13H21N3. The van der Waals surface area contributed by atoms with Crippen molar-refractivity contribution >= 4 is 5.69 Å². The lowest BCUT2D eigenvalue weighted by atomic mass is 9.84. The van der Waals surface area contributed by atoms with Gasteiger partial charge in [0.15, 0.2) is 0 Å². The Bertz CT molecular complexity index is 360. The second-order valence-electron chi connectivity index (χ2n) is 5.40. The van der Waals surface area contributed by atoms with Gasteiger partial charge in [-0.25, -0.2) is 0 Å². The van der Waals surface area contributed by atoms with Crippen molar-refractivity contribution in [3.05, 3.63) is 24.0 Å². The summed E-state index contributed by atoms with van der Waals surface area (Å²) in [5.41, 5.74) is 8.28. The summed E-state index contributed by atoms with van der Waals surface area (Å²) in [7, 11) is 0. The molecule has 1 aromatic rings. The first kappa shape index (κ1) is 11.4. The highest BCUT2D eigenvalue weighted by atomic mass is 15.1. The molecule has 0 radical (unpaired) electrons. The van der Waals surface area contributed by atoms with Gasteiger partial charge in [0, 0.05) is 31.5 Å². The number of nitrogens with two attached hydrogens (primary N) is 1. The molecule has 1 aliphatic rings. The van der Waals surface area contributed by atoms with Crippen LogP contribution in [0, 0.1) is 5.41 Å². The maximum absolute atomic E-state index is 5.62. The van der Waals surface area contributed by atoms with Gasteiger partial charge >= 0.3 is 0 Å². The van der Waals surface area contributed by atoms with Crippen LogP contribution in [0.5, 0.6) is 0 Å². The Morgan fingerprint density at radius 2 is 2.31 bits per heavy atom. The standard InChI is InChI=1S/C13H21N3/c1-13(2)5-3-7-16(10-13)12-4-6-15-11(8-12)9-14/h4,6,8H,3,5,7,9-10,14H2,1-2H3. The maximum Gasteiger partial charge on any atom is 0.0560 e. The molecule has 88 valence electrons. The van der Waals surface area contributed by atoms with Gasteiger partial charge in [0.1, 0.15) is 0 Å². The molecule has 0 aliphatic carbocycles. The van der Waals surface area contributed by atoms with Crippen LogP contribution in [0.4, 0.5) is 5.69 Å². The van der Waals surface area contributed by atoms with E-state index in [4.69, 9.17) is 5.73 Å². The average molecular weight is 219 g/mol. The largest absolute Gasteiger partial charge is 0.371 e. The van der Waals surface area contributed by atoms with Crippen LogP contribution in [0.2, 0.25) is 0 Å². The third-order valence-electron chi connectivity index (χ3n) is 3.27. The van der Waals surface area contributed by atoms with Crippen molar-refractivity contribution in [1.82, 2.24) is 4.98 Å². The smallest absolute Gasteiger partial charge is 0.0560 e. The molecule has 1 saturated heterocycles. The monoisotopic (exact) mass is 219 g/mol. The number of nitrogens with zero attached hydrogens (tertiary/aromatic N) is 2. The highest BCUT2D eigenvalue weighted by Gasteiger charge is 2.26. The number of hydrogen-bond donors (Lipinski definition) is 1. The van der Waals surface area contributed by atoms with Crippen molar-refractivity contribution in [2.45, 2.75) is 33.2 Å². The lowest BCUT2D eigenvalue weighted by molar-refractivity contribution is 0.293. The predicted molar refractivity (Wildman–Crippen MR) is 67.4 cm³/mol. The Hall–Kier alpha value is -1.09. The Morgan fingerprint density at radius 3 is 3.00 bits per heavy atom. The van der Waals surface area contributed by atoms with Gasteiger partial charge < -0.3 is 10.6 Å². The normalized spacial score (nSPS) is 19.8. The van der Waals surface area contributed by atoms with E-state index in [9.17, 15) is 0 Å². The van der Waals surface area contributed by atoms with Crippen LogP contribution in [0.15, 0.2) is 18.3 Å². The number of rotatable bonds is 2. The van der Waals surface area contributed by atoms with Crippen molar-refractivity contribution in [3.8, 4) is 0 Å². The van der Waals surface area contributed by atoms with E-state index in [1.54, 1.807) is 0 Å². The first-order chi connectivity index (χ1) is 7.61. The Morgan fingerprint density at radius 1 is 1.50 bits per heavy atom. The molecule has 0 aromatic carbocycles. The minimum atomic E-state index is 0.421. The molecule has 0 spiro atoms. The molecule has 3 heteroatoms. The number of pyridine rings is 1. The molecule has 1 fully saturated rings. The van der Waals surface area contributed by atoms with Crippen molar-refractivity contribution in [2.24, 2.45) is 11.1 Å². The summed E-state index contributed by atoms with van der Waals surface area (Å²) in [4.78, 5) is 6.69. The molecule has 2 N–H and O–H groups in total. The first-order valence-corrected chi connectivity index (χ1v) is 6.01. The van der Waals surface area contributed by atoms with E-state index in [0.717, 1.165) is 18.8 Å². The second-order valence-corrected chi connectivity index (χ2v) is 5.40. The Kier molecular flexibility index (Phi) is 3.15. The highest BCUT2D eigenvalue weighted by molar-refractivity contribution is 5.47. The van der Waals surface area contributed by atoms with E-state index in [2.05, 4.69) is 35.9 Å². The summed E-state index contributed by atoms with van der Waals surface area (Å²) in [6.45, 7) is 7.47. The number of hydrogen-bond acceptors (Lipinski definition) is 3. The molecule has 0 amide bonds. The summed E-state index contributed by atoms with van der Waals surface area (Å²) >= 11 is 0. The minimum Gasteiger partial charge on any atom is -0.371 e. The van der Waals surface area contributed by atoms with Crippen LogP contribution >= 0.6 is 0 Å². The Labute approximate surface area is 97.7 Å². The van der Waals surface area contributed by atoms with Gasteiger partial charge in [0.05, 0.1) is 5.69 Å². The van der Waals surface area contributed by atoms with E-state index in [1.165, 1.54) is 18.5 Å². The molecule has 0 atom stereocenters. The fraction of sp³-hybridized carbons (Fsp3) is 0.615. The highest BCUT2D eigenvalue weighted by Crippen LogP contribution is 2.31. The molecule has 3 nitrogen and oxygen atoms in total. The van der Waals surface area contributed by atoms with E-state index >= 15 is 0 Å². The van der Waals surface area contributed by atoms with Crippen LogP contribution in [0.1, 0.15) is 32.4 Å². The summed E-state index contributed by atoms with van der Waals surface area (Å²) in [6.07, 6.45) is 4.45. The van der Waals surface area contributed by atoms with Crippen LogP contribution in [-0.4, -0.2) is 18.1 Å². The van der Waals surface area contributed by atoms with Crippen LogP contribution in [-0.2, 0) is 6.54 Å². The molecule has 1 aromatic heterocycles. The minimum absolute atomic E-state index is 0.421.